The molecule has 1 aliphatic carbocycles. The molecule has 1 aromatic rings. The van der Waals surface area contributed by atoms with Crippen LogP contribution in [0.25, 0.3) is 0 Å². The molecule has 2 aliphatic rings. The summed E-state index contributed by atoms with van der Waals surface area (Å²) in [5.41, 5.74) is 10.6. The van der Waals surface area contributed by atoms with Crippen molar-refractivity contribution in [2.24, 2.45) is 5.73 Å². The second kappa shape index (κ2) is 4.53. The fraction of sp³-hybridized carbons (Fsp3) is 0.467. The Morgan fingerprint density at radius 2 is 2.12 bits per heavy atom. The van der Waals surface area contributed by atoms with Crippen LogP contribution in [0, 0.1) is 0 Å². The fourth-order valence-electron chi connectivity index (χ4n) is 3.05. The molecule has 0 amide bonds. The Balaban J connectivity index is 1.84. The van der Waals surface area contributed by atoms with Crippen LogP contribution >= 0.6 is 0 Å². The monoisotopic (exact) mass is 229 g/mol. The van der Waals surface area contributed by atoms with Crippen molar-refractivity contribution >= 4 is 0 Å². The third-order valence-electron chi connectivity index (χ3n) is 4.00. The Kier molecular flexibility index (Phi) is 2.89. The summed E-state index contributed by atoms with van der Waals surface area (Å²) in [6.45, 7) is 0.845. The van der Waals surface area contributed by atoms with Crippen LogP contribution in [0.15, 0.2) is 36.1 Å². The van der Waals surface area contributed by atoms with Gasteiger partial charge in [0, 0.05) is 12.0 Å². The Hall–Kier alpha value is -1.28. The predicted molar refractivity (Wildman–Crippen MR) is 68.7 cm³/mol. The van der Waals surface area contributed by atoms with Gasteiger partial charge in [0.05, 0.1) is 12.9 Å². The van der Waals surface area contributed by atoms with Gasteiger partial charge in [0.15, 0.2) is 0 Å². The summed E-state index contributed by atoms with van der Waals surface area (Å²) in [7, 11) is 0. The summed E-state index contributed by atoms with van der Waals surface area (Å²) in [5, 5.41) is 0. The van der Waals surface area contributed by atoms with Crippen molar-refractivity contribution < 1.29 is 4.74 Å². The molecule has 0 bridgehead atoms. The van der Waals surface area contributed by atoms with Gasteiger partial charge in [-0.1, -0.05) is 24.3 Å². The van der Waals surface area contributed by atoms with Gasteiger partial charge >= 0.3 is 0 Å². The number of hydrogen-bond donors (Lipinski definition) is 1. The highest BCUT2D eigenvalue weighted by atomic mass is 16.5. The van der Waals surface area contributed by atoms with E-state index in [0.717, 1.165) is 19.4 Å². The maximum absolute atomic E-state index is 6.42. The zero-order valence-electron chi connectivity index (χ0n) is 10.1. The normalized spacial score (nSPS) is 24.8. The highest BCUT2D eigenvalue weighted by molar-refractivity contribution is 5.38. The molecular weight excluding hydrogens is 210 g/mol. The minimum atomic E-state index is 0.138. The molecule has 2 unspecified atom stereocenters. The zero-order chi connectivity index (χ0) is 11.7. The summed E-state index contributed by atoms with van der Waals surface area (Å²) in [4.78, 5) is 0. The molecule has 1 heterocycles. The molecule has 2 N–H and O–H groups in total. The van der Waals surface area contributed by atoms with E-state index in [9.17, 15) is 0 Å². The van der Waals surface area contributed by atoms with Crippen molar-refractivity contribution in [1.29, 1.82) is 0 Å². The van der Waals surface area contributed by atoms with Crippen molar-refractivity contribution in [1.82, 2.24) is 0 Å². The number of nitrogens with two attached hydrogens (primary N) is 1. The van der Waals surface area contributed by atoms with Gasteiger partial charge in [-0.15, -0.1) is 0 Å². The van der Waals surface area contributed by atoms with Crippen LogP contribution in [-0.4, -0.2) is 12.6 Å². The largest absolute Gasteiger partial charge is 0.501 e. The van der Waals surface area contributed by atoms with Gasteiger partial charge in [0.1, 0.15) is 0 Å². The van der Waals surface area contributed by atoms with Crippen molar-refractivity contribution in [3.8, 4) is 0 Å². The van der Waals surface area contributed by atoms with Crippen LogP contribution in [0.4, 0.5) is 0 Å². The van der Waals surface area contributed by atoms with Crippen LogP contribution < -0.4 is 5.73 Å². The van der Waals surface area contributed by atoms with Gasteiger partial charge in [0.2, 0.25) is 0 Å². The van der Waals surface area contributed by atoms with E-state index in [4.69, 9.17) is 10.5 Å². The SMILES string of the molecule is NC(C1=COCCC1)C1CCc2ccccc21. The van der Waals surface area contributed by atoms with Gasteiger partial charge in [-0.2, -0.15) is 0 Å². The lowest BCUT2D eigenvalue weighted by Gasteiger charge is -2.25. The van der Waals surface area contributed by atoms with Crippen LogP contribution in [-0.2, 0) is 11.2 Å². The quantitative estimate of drug-likeness (QED) is 0.846. The summed E-state index contributed by atoms with van der Waals surface area (Å²) >= 11 is 0. The maximum Gasteiger partial charge on any atom is 0.0876 e. The van der Waals surface area contributed by atoms with E-state index in [2.05, 4.69) is 24.3 Å². The average molecular weight is 229 g/mol. The molecule has 0 radical (unpaired) electrons. The molecule has 3 rings (SSSR count). The van der Waals surface area contributed by atoms with Crippen LogP contribution in [0.3, 0.4) is 0 Å². The van der Waals surface area contributed by atoms with Crippen LogP contribution in [0.1, 0.15) is 36.3 Å². The van der Waals surface area contributed by atoms with Gasteiger partial charge in [-0.3, -0.25) is 0 Å². The van der Waals surface area contributed by atoms with Crippen molar-refractivity contribution in [2.75, 3.05) is 6.61 Å². The molecule has 0 saturated carbocycles. The molecule has 0 spiro atoms. The van der Waals surface area contributed by atoms with E-state index in [0.29, 0.717) is 5.92 Å². The van der Waals surface area contributed by atoms with Gasteiger partial charge in [0.25, 0.3) is 0 Å². The number of ether oxygens (including phenoxy) is 1. The molecule has 90 valence electrons. The summed E-state index contributed by atoms with van der Waals surface area (Å²) in [5.74, 6) is 0.485. The first-order valence-electron chi connectivity index (χ1n) is 6.50. The fourth-order valence-corrected chi connectivity index (χ4v) is 3.05. The topological polar surface area (TPSA) is 35.2 Å². The first-order valence-corrected chi connectivity index (χ1v) is 6.50. The first kappa shape index (κ1) is 10.8. The molecule has 2 atom stereocenters. The number of aryl methyl sites for hydroxylation is 1. The third kappa shape index (κ3) is 1.98. The lowest BCUT2D eigenvalue weighted by molar-refractivity contribution is 0.220. The summed E-state index contributed by atoms with van der Waals surface area (Å²) < 4.78 is 5.41. The molecule has 0 saturated heterocycles. The predicted octanol–water partition coefficient (Wildman–Crippen LogP) is 2.74. The van der Waals surface area contributed by atoms with Crippen molar-refractivity contribution in [2.45, 2.75) is 37.6 Å². The zero-order valence-corrected chi connectivity index (χ0v) is 10.1. The minimum absolute atomic E-state index is 0.138. The number of fused-ring (bicyclic) bond motifs is 1. The van der Waals surface area contributed by atoms with Crippen LogP contribution in [0.2, 0.25) is 0 Å². The Labute approximate surface area is 102 Å². The molecule has 0 fully saturated rings. The minimum Gasteiger partial charge on any atom is -0.501 e. The van der Waals surface area contributed by atoms with Crippen LogP contribution in [0.5, 0.6) is 0 Å². The molecule has 0 aromatic heterocycles. The smallest absolute Gasteiger partial charge is 0.0876 e. The molecule has 17 heavy (non-hydrogen) atoms. The highest BCUT2D eigenvalue weighted by Crippen LogP contribution is 2.37. The average Bonchev–Trinajstić information content (AvgIpc) is 2.83. The first-order chi connectivity index (χ1) is 8.36. The third-order valence-corrected chi connectivity index (χ3v) is 4.00. The molecule has 2 heteroatoms. The lowest BCUT2D eigenvalue weighted by atomic mass is 9.87. The van der Waals surface area contributed by atoms with Crippen molar-refractivity contribution in [3.63, 3.8) is 0 Å². The van der Waals surface area contributed by atoms with E-state index < -0.39 is 0 Å². The van der Waals surface area contributed by atoms with E-state index in [-0.39, 0.29) is 6.04 Å². The Bertz CT molecular complexity index is 438. The second-order valence-electron chi connectivity index (χ2n) is 5.04. The molecule has 2 nitrogen and oxygen atoms in total. The van der Waals surface area contributed by atoms with Crippen molar-refractivity contribution in [3.05, 3.63) is 47.2 Å². The van der Waals surface area contributed by atoms with Gasteiger partial charge < -0.3 is 10.5 Å². The lowest BCUT2D eigenvalue weighted by Crippen LogP contribution is -2.30. The Morgan fingerprint density at radius 1 is 1.24 bits per heavy atom. The van der Waals surface area contributed by atoms with E-state index in [1.165, 1.54) is 29.5 Å². The van der Waals surface area contributed by atoms with Gasteiger partial charge in [-0.05, 0) is 42.4 Å². The molecule has 1 aliphatic heterocycles. The standard InChI is InChI=1S/C15H19NO/c16-15(12-5-3-9-17-10-12)14-8-7-11-4-1-2-6-13(11)14/h1-2,4,6,10,14-15H,3,5,7-9,16H2. The van der Waals surface area contributed by atoms with E-state index >= 15 is 0 Å². The van der Waals surface area contributed by atoms with E-state index in [1.54, 1.807) is 0 Å². The maximum atomic E-state index is 6.42. The number of rotatable bonds is 2. The van der Waals surface area contributed by atoms with Gasteiger partial charge in [-0.25, -0.2) is 0 Å². The Morgan fingerprint density at radius 3 is 2.94 bits per heavy atom. The molecule has 1 aromatic carbocycles. The number of hydrogen-bond acceptors (Lipinski definition) is 2. The summed E-state index contributed by atoms with van der Waals surface area (Å²) in [6.07, 6.45) is 6.45. The molecular formula is C15H19NO. The highest BCUT2D eigenvalue weighted by Gasteiger charge is 2.29. The van der Waals surface area contributed by atoms with E-state index in [1.807, 2.05) is 6.26 Å². The summed E-state index contributed by atoms with van der Waals surface area (Å²) in [6, 6.07) is 8.84. The number of benzene rings is 1. The second-order valence-corrected chi connectivity index (χ2v) is 5.04.